The van der Waals surface area contributed by atoms with Gasteiger partial charge in [0.25, 0.3) is 0 Å². The Kier molecular flexibility index (Phi) is 4.28. The molecule has 1 rings (SSSR count). The Morgan fingerprint density at radius 1 is 1.28 bits per heavy atom. The molecule has 0 unspecified atom stereocenters. The first-order valence-electron chi connectivity index (χ1n) is 5.87. The summed E-state index contributed by atoms with van der Waals surface area (Å²) in [6.45, 7) is 5.60. The van der Waals surface area contributed by atoms with Crippen molar-refractivity contribution in [3.8, 4) is 0 Å². The van der Waals surface area contributed by atoms with Crippen LogP contribution in [-0.2, 0) is 9.59 Å². The van der Waals surface area contributed by atoms with Gasteiger partial charge in [-0.15, -0.1) is 0 Å². The van der Waals surface area contributed by atoms with E-state index in [4.69, 9.17) is 5.73 Å². The summed E-state index contributed by atoms with van der Waals surface area (Å²) in [6, 6.07) is -1.23. The Morgan fingerprint density at radius 2 is 1.83 bits per heavy atom. The van der Waals surface area contributed by atoms with Crippen molar-refractivity contribution >= 4 is 17.8 Å². The molecule has 0 saturated carbocycles. The van der Waals surface area contributed by atoms with E-state index in [1.54, 1.807) is 23.8 Å². The van der Waals surface area contributed by atoms with Crippen molar-refractivity contribution < 1.29 is 14.4 Å². The van der Waals surface area contributed by atoms with Crippen LogP contribution in [0.1, 0.15) is 20.8 Å². The van der Waals surface area contributed by atoms with Gasteiger partial charge in [-0.3, -0.25) is 19.8 Å². The quantitative estimate of drug-likeness (QED) is 0.670. The molecule has 18 heavy (non-hydrogen) atoms. The number of hydrogen-bond acceptors (Lipinski definition) is 4. The van der Waals surface area contributed by atoms with Gasteiger partial charge in [0.1, 0.15) is 0 Å². The number of nitrogens with one attached hydrogen (secondary N) is 1. The minimum atomic E-state index is -0.881. The van der Waals surface area contributed by atoms with Crippen LogP contribution in [0.15, 0.2) is 0 Å². The van der Waals surface area contributed by atoms with Gasteiger partial charge in [-0.2, -0.15) is 0 Å². The van der Waals surface area contributed by atoms with E-state index in [0.717, 1.165) is 0 Å². The van der Waals surface area contributed by atoms with Crippen molar-refractivity contribution in [2.24, 2.45) is 5.73 Å². The van der Waals surface area contributed by atoms with Gasteiger partial charge in [-0.1, -0.05) is 0 Å². The fourth-order valence-corrected chi connectivity index (χ4v) is 2.21. The summed E-state index contributed by atoms with van der Waals surface area (Å²) in [5.74, 6) is -0.529. The van der Waals surface area contributed by atoms with Gasteiger partial charge < -0.3 is 10.6 Å². The minimum absolute atomic E-state index is 0.00933. The highest BCUT2D eigenvalue weighted by Crippen LogP contribution is 2.20. The Balaban J connectivity index is 2.77. The maximum Gasteiger partial charge on any atom is 0.318 e. The number of carbonyl (C=O) groups excluding carboxylic acids is 3. The molecule has 0 radical (unpaired) electrons. The fourth-order valence-electron chi connectivity index (χ4n) is 2.21. The second-order valence-electron chi connectivity index (χ2n) is 4.69. The molecule has 1 aliphatic heterocycles. The third-order valence-corrected chi connectivity index (χ3v) is 3.62. The summed E-state index contributed by atoms with van der Waals surface area (Å²) >= 11 is 0. The summed E-state index contributed by atoms with van der Waals surface area (Å²) < 4.78 is 0. The molecular weight excluding hydrogens is 236 g/mol. The molecule has 7 nitrogen and oxygen atoms in total. The van der Waals surface area contributed by atoms with Crippen molar-refractivity contribution in [3.63, 3.8) is 0 Å². The predicted molar refractivity (Wildman–Crippen MR) is 65.6 cm³/mol. The van der Waals surface area contributed by atoms with Crippen molar-refractivity contribution in [2.45, 2.75) is 38.9 Å². The Bertz CT molecular complexity index is 371. The fraction of sp³-hybridized carbons (Fsp3) is 0.727. The van der Waals surface area contributed by atoms with E-state index in [1.165, 1.54) is 0 Å². The van der Waals surface area contributed by atoms with Crippen molar-refractivity contribution in [1.29, 1.82) is 0 Å². The van der Waals surface area contributed by atoms with Gasteiger partial charge in [-0.05, 0) is 20.8 Å². The Labute approximate surface area is 106 Å². The molecule has 1 heterocycles. The number of likely N-dealkylation sites (N-methyl/N-ethyl adjacent to an activating group) is 1. The molecule has 0 bridgehead atoms. The highest BCUT2D eigenvalue weighted by molar-refractivity contribution is 5.95. The molecular formula is C11H20N4O3. The standard InChI is InChI=1S/C11H20N4O3/c1-6-7(2)15(5-9(16)13-11(12)18)8(3)10(17)14(6)4/h6-8H,5H2,1-4H3,(H3,12,13,16,18)/t6-,7+,8+/m1/s1. The van der Waals surface area contributed by atoms with E-state index in [2.05, 4.69) is 0 Å². The van der Waals surface area contributed by atoms with E-state index in [0.29, 0.717) is 0 Å². The van der Waals surface area contributed by atoms with Crippen LogP contribution in [0.5, 0.6) is 0 Å². The molecule has 7 heteroatoms. The molecule has 0 aromatic carbocycles. The third-order valence-electron chi connectivity index (χ3n) is 3.62. The summed E-state index contributed by atoms with van der Waals surface area (Å²) in [6.07, 6.45) is 0. The van der Waals surface area contributed by atoms with Crippen molar-refractivity contribution in [2.75, 3.05) is 13.6 Å². The lowest BCUT2D eigenvalue weighted by molar-refractivity contribution is -0.147. The molecule has 1 fully saturated rings. The van der Waals surface area contributed by atoms with Crippen LogP contribution in [0, 0.1) is 0 Å². The van der Waals surface area contributed by atoms with Crippen LogP contribution in [0.3, 0.4) is 0 Å². The van der Waals surface area contributed by atoms with Crippen molar-refractivity contribution in [1.82, 2.24) is 15.1 Å². The van der Waals surface area contributed by atoms with Crippen LogP contribution in [0.2, 0.25) is 0 Å². The first-order valence-corrected chi connectivity index (χ1v) is 5.87. The molecule has 3 atom stereocenters. The molecule has 3 N–H and O–H groups in total. The number of amides is 4. The average molecular weight is 256 g/mol. The number of hydrogen-bond donors (Lipinski definition) is 2. The zero-order valence-corrected chi connectivity index (χ0v) is 11.1. The van der Waals surface area contributed by atoms with Crippen LogP contribution < -0.4 is 11.1 Å². The number of piperazine rings is 1. The molecule has 1 aliphatic rings. The number of nitrogens with two attached hydrogens (primary N) is 1. The highest BCUT2D eigenvalue weighted by Gasteiger charge is 2.39. The normalized spacial score (nSPS) is 29.2. The van der Waals surface area contributed by atoms with Crippen LogP contribution in [0.4, 0.5) is 4.79 Å². The number of rotatable bonds is 2. The van der Waals surface area contributed by atoms with Gasteiger partial charge in [0.15, 0.2) is 0 Å². The lowest BCUT2D eigenvalue weighted by Crippen LogP contribution is -2.64. The Hall–Kier alpha value is -1.63. The molecule has 1 saturated heterocycles. The lowest BCUT2D eigenvalue weighted by Gasteiger charge is -2.46. The molecule has 0 aromatic rings. The van der Waals surface area contributed by atoms with E-state index in [1.807, 2.05) is 19.2 Å². The molecule has 0 spiro atoms. The van der Waals surface area contributed by atoms with Gasteiger partial charge in [0, 0.05) is 19.1 Å². The molecule has 0 aromatic heterocycles. The number of urea groups is 1. The lowest BCUT2D eigenvalue weighted by atomic mass is 10.0. The number of primary amides is 1. The summed E-state index contributed by atoms with van der Waals surface area (Å²) in [4.78, 5) is 37.5. The van der Waals surface area contributed by atoms with Crippen LogP contribution >= 0.6 is 0 Å². The molecule has 4 amide bonds. The average Bonchev–Trinajstić information content (AvgIpc) is 2.29. The summed E-state index contributed by atoms with van der Waals surface area (Å²) in [7, 11) is 1.75. The van der Waals surface area contributed by atoms with E-state index >= 15 is 0 Å². The SMILES string of the molecule is C[C@@H]1[C@H](C)N(CC(=O)NC(N)=O)[C@@H](C)C(=O)N1C. The largest absolute Gasteiger partial charge is 0.351 e. The third kappa shape index (κ3) is 2.79. The first kappa shape index (κ1) is 14.4. The number of imide groups is 1. The number of nitrogens with zero attached hydrogens (tertiary/aromatic N) is 2. The predicted octanol–water partition coefficient (Wildman–Crippen LogP) is -0.879. The van der Waals surface area contributed by atoms with Crippen LogP contribution in [-0.4, -0.2) is 59.4 Å². The van der Waals surface area contributed by atoms with E-state index in [9.17, 15) is 14.4 Å². The Morgan fingerprint density at radius 3 is 2.33 bits per heavy atom. The topological polar surface area (TPSA) is 95.7 Å². The second kappa shape index (κ2) is 5.34. The molecule has 102 valence electrons. The first-order chi connectivity index (χ1) is 8.25. The maximum atomic E-state index is 12.0. The summed E-state index contributed by atoms with van der Waals surface area (Å²) in [5, 5.41) is 2.01. The zero-order chi connectivity index (χ0) is 14.0. The van der Waals surface area contributed by atoms with Gasteiger partial charge in [0.05, 0.1) is 12.6 Å². The smallest absolute Gasteiger partial charge is 0.318 e. The monoisotopic (exact) mass is 256 g/mol. The number of carbonyl (C=O) groups is 3. The van der Waals surface area contributed by atoms with Crippen molar-refractivity contribution in [3.05, 3.63) is 0 Å². The van der Waals surface area contributed by atoms with E-state index in [-0.39, 0.29) is 30.6 Å². The van der Waals surface area contributed by atoms with Gasteiger partial charge >= 0.3 is 6.03 Å². The summed E-state index contributed by atoms with van der Waals surface area (Å²) in [5.41, 5.74) is 4.88. The minimum Gasteiger partial charge on any atom is -0.351 e. The zero-order valence-electron chi connectivity index (χ0n) is 11.1. The van der Waals surface area contributed by atoms with E-state index < -0.39 is 11.9 Å². The highest BCUT2D eigenvalue weighted by atomic mass is 16.2. The van der Waals surface area contributed by atoms with Gasteiger partial charge in [-0.25, -0.2) is 4.79 Å². The maximum absolute atomic E-state index is 12.0. The van der Waals surface area contributed by atoms with Gasteiger partial charge in [0.2, 0.25) is 11.8 Å². The van der Waals surface area contributed by atoms with Crippen LogP contribution in [0.25, 0.3) is 0 Å². The second-order valence-corrected chi connectivity index (χ2v) is 4.69. The molecule has 0 aliphatic carbocycles.